The van der Waals surface area contributed by atoms with E-state index in [0.717, 1.165) is 18.4 Å². The molecule has 0 bridgehead atoms. The van der Waals surface area contributed by atoms with Crippen molar-refractivity contribution in [3.8, 4) is 0 Å². The van der Waals surface area contributed by atoms with Gasteiger partial charge in [0.1, 0.15) is 0 Å². The van der Waals surface area contributed by atoms with Crippen LogP contribution in [0.1, 0.15) is 18.4 Å². The summed E-state index contributed by atoms with van der Waals surface area (Å²) in [5.74, 6) is -0.682. The molecule has 0 saturated heterocycles. The van der Waals surface area contributed by atoms with E-state index in [0.29, 0.717) is 0 Å². The molecular weight excluding hydrogens is 284 g/mol. The van der Waals surface area contributed by atoms with Gasteiger partial charge in [0, 0.05) is 14.7 Å². The van der Waals surface area contributed by atoms with Crippen LogP contribution < -0.4 is 0 Å². The summed E-state index contributed by atoms with van der Waals surface area (Å²) < 4.78 is 0. The molecule has 0 radical (unpaired) electrons. The predicted molar refractivity (Wildman–Crippen MR) is 80.3 cm³/mol. The van der Waals surface area contributed by atoms with Crippen LogP contribution in [0.3, 0.4) is 0 Å². The van der Waals surface area contributed by atoms with Crippen molar-refractivity contribution < 1.29 is 9.90 Å². The molecule has 2 rings (SSSR count). The second kappa shape index (κ2) is 5.39. The zero-order chi connectivity index (χ0) is 13.3. The number of hydrogen-bond acceptors (Lipinski definition) is 4. The van der Waals surface area contributed by atoms with Crippen molar-refractivity contribution in [2.45, 2.75) is 32.9 Å². The van der Waals surface area contributed by atoms with Gasteiger partial charge in [-0.3, -0.25) is 4.79 Å². The highest BCUT2D eigenvalue weighted by Crippen LogP contribution is 2.51. The molecule has 1 aromatic carbocycles. The molecule has 1 aliphatic carbocycles. The lowest BCUT2D eigenvalue weighted by atomic mass is 9.96. The van der Waals surface area contributed by atoms with E-state index in [-0.39, 0.29) is 0 Å². The first-order valence-corrected chi connectivity index (χ1v) is 9.30. The summed E-state index contributed by atoms with van der Waals surface area (Å²) >= 11 is 5.11. The second-order valence-electron chi connectivity index (χ2n) is 4.30. The average molecular weight is 300 g/mol. The van der Waals surface area contributed by atoms with Gasteiger partial charge in [0.25, 0.3) is 0 Å². The van der Waals surface area contributed by atoms with Crippen molar-refractivity contribution in [3.05, 3.63) is 17.7 Å². The minimum atomic E-state index is -0.682. The predicted octanol–water partition coefficient (Wildman–Crippen LogP) is 3.97. The summed E-state index contributed by atoms with van der Waals surface area (Å²) in [5.41, 5.74) is 0.368. The largest absolute Gasteiger partial charge is 0.481 e. The lowest BCUT2D eigenvalue weighted by Gasteiger charge is -2.16. The fraction of sp³-hybridized carbons (Fsp3) is 0.462. The molecule has 5 heteroatoms. The molecule has 1 saturated carbocycles. The average Bonchev–Trinajstić information content (AvgIpc) is 3.18. The Labute approximate surface area is 120 Å². The molecule has 1 fully saturated rings. The van der Waals surface area contributed by atoms with Crippen LogP contribution in [0.15, 0.2) is 26.8 Å². The van der Waals surface area contributed by atoms with Gasteiger partial charge in [-0.25, -0.2) is 0 Å². The first kappa shape index (κ1) is 14.2. The van der Waals surface area contributed by atoms with Crippen molar-refractivity contribution in [1.29, 1.82) is 0 Å². The van der Waals surface area contributed by atoms with E-state index in [1.54, 1.807) is 35.3 Å². The standard InChI is InChI=1S/C13H16O2S3/c1-16-9-6-8(13(4-5-13)12(14)15)7-10(17-2)11(9)18-3/h6-7H,4-5H2,1-3H3,(H,14,15). The van der Waals surface area contributed by atoms with Gasteiger partial charge in [0.05, 0.1) is 5.41 Å². The molecule has 0 unspecified atom stereocenters. The van der Waals surface area contributed by atoms with E-state index in [1.165, 1.54) is 14.7 Å². The Hall–Kier alpha value is -0.260. The Morgan fingerprint density at radius 1 is 1.11 bits per heavy atom. The molecule has 0 aliphatic heterocycles. The van der Waals surface area contributed by atoms with Crippen LogP contribution in [0.5, 0.6) is 0 Å². The van der Waals surface area contributed by atoms with E-state index in [4.69, 9.17) is 0 Å². The van der Waals surface area contributed by atoms with E-state index in [1.807, 2.05) is 12.5 Å². The number of carboxylic acids is 1. The van der Waals surface area contributed by atoms with Gasteiger partial charge in [0.15, 0.2) is 0 Å². The van der Waals surface area contributed by atoms with Gasteiger partial charge in [0.2, 0.25) is 0 Å². The number of thioether (sulfide) groups is 3. The number of benzene rings is 1. The lowest BCUT2D eigenvalue weighted by Crippen LogP contribution is -2.19. The van der Waals surface area contributed by atoms with Crippen LogP contribution in [0.25, 0.3) is 0 Å². The highest BCUT2D eigenvalue weighted by molar-refractivity contribution is 8.03. The summed E-state index contributed by atoms with van der Waals surface area (Å²) in [6.07, 6.45) is 7.69. The third kappa shape index (κ3) is 2.28. The SMILES string of the molecule is CSc1cc(C2(C(=O)O)CC2)cc(SC)c1SC. The lowest BCUT2D eigenvalue weighted by molar-refractivity contribution is -0.140. The Morgan fingerprint density at radius 2 is 1.61 bits per heavy atom. The third-order valence-electron chi connectivity index (χ3n) is 3.38. The number of rotatable bonds is 5. The summed E-state index contributed by atoms with van der Waals surface area (Å²) in [4.78, 5) is 15.1. The maximum Gasteiger partial charge on any atom is 0.314 e. The van der Waals surface area contributed by atoms with Gasteiger partial charge in [-0.15, -0.1) is 35.3 Å². The Bertz CT molecular complexity index is 456. The molecule has 18 heavy (non-hydrogen) atoms. The van der Waals surface area contributed by atoms with Crippen LogP contribution in [-0.4, -0.2) is 29.8 Å². The molecule has 0 aromatic heterocycles. The fourth-order valence-corrected chi connectivity index (χ4v) is 4.77. The number of aliphatic carboxylic acids is 1. The monoisotopic (exact) mass is 300 g/mol. The van der Waals surface area contributed by atoms with Gasteiger partial charge >= 0.3 is 5.97 Å². The summed E-state index contributed by atoms with van der Waals surface area (Å²) in [5, 5.41) is 9.39. The van der Waals surface area contributed by atoms with Crippen molar-refractivity contribution in [2.75, 3.05) is 18.8 Å². The minimum Gasteiger partial charge on any atom is -0.481 e. The molecule has 0 heterocycles. The summed E-state index contributed by atoms with van der Waals surface area (Å²) in [6.45, 7) is 0. The van der Waals surface area contributed by atoms with E-state index in [2.05, 4.69) is 18.4 Å². The zero-order valence-electron chi connectivity index (χ0n) is 10.6. The maximum atomic E-state index is 11.4. The van der Waals surface area contributed by atoms with Crippen LogP contribution >= 0.6 is 35.3 Å². The summed E-state index contributed by atoms with van der Waals surface area (Å²) in [7, 11) is 0. The maximum absolute atomic E-state index is 11.4. The molecule has 0 amide bonds. The Balaban J connectivity index is 2.54. The first-order valence-electron chi connectivity index (χ1n) is 5.63. The molecule has 98 valence electrons. The molecule has 1 N–H and O–H groups in total. The van der Waals surface area contributed by atoms with Crippen molar-refractivity contribution >= 4 is 41.3 Å². The van der Waals surface area contributed by atoms with Gasteiger partial charge in [-0.05, 0) is 49.3 Å². The van der Waals surface area contributed by atoms with Gasteiger partial charge in [-0.2, -0.15) is 0 Å². The van der Waals surface area contributed by atoms with Crippen molar-refractivity contribution in [1.82, 2.24) is 0 Å². The van der Waals surface area contributed by atoms with E-state index < -0.39 is 11.4 Å². The highest BCUT2D eigenvalue weighted by atomic mass is 32.2. The summed E-state index contributed by atoms with van der Waals surface area (Å²) in [6, 6.07) is 4.13. The molecule has 0 atom stereocenters. The van der Waals surface area contributed by atoms with Gasteiger partial charge < -0.3 is 5.11 Å². The molecule has 1 aromatic rings. The topological polar surface area (TPSA) is 37.3 Å². The molecule has 1 aliphatic rings. The van der Waals surface area contributed by atoms with Crippen LogP contribution in [-0.2, 0) is 10.2 Å². The quantitative estimate of drug-likeness (QED) is 0.833. The highest BCUT2D eigenvalue weighted by Gasteiger charge is 2.52. The molecule has 2 nitrogen and oxygen atoms in total. The Kier molecular flexibility index (Phi) is 4.24. The Morgan fingerprint density at radius 3 is 1.89 bits per heavy atom. The first-order chi connectivity index (χ1) is 8.58. The van der Waals surface area contributed by atoms with E-state index in [9.17, 15) is 9.90 Å². The number of hydrogen-bond donors (Lipinski definition) is 1. The van der Waals surface area contributed by atoms with Crippen LogP contribution in [0, 0.1) is 0 Å². The smallest absolute Gasteiger partial charge is 0.314 e. The van der Waals surface area contributed by atoms with E-state index >= 15 is 0 Å². The van der Waals surface area contributed by atoms with Crippen molar-refractivity contribution in [2.24, 2.45) is 0 Å². The second-order valence-corrected chi connectivity index (χ2v) is 6.81. The molecule has 0 spiro atoms. The van der Waals surface area contributed by atoms with Crippen LogP contribution in [0.2, 0.25) is 0 Å². The normalized spacial score (nSPS) is 16.6. The van der Waals surface area contributed by atoms with Crippen LogP contribution in [0.4, 0.5) is 0 Å². The van der Waals surface area contributed by atoms with Gasteiger partial charge in [-0.1, -0.05) is 0 Å². The van der Waals surface area contributed by atoms with Crippen molar-refractivity contribution in [3.63, 3.8) is 0 Å². The zero-order valence-corrected chi connectivity index (χ0v) is 13.1. The molecular formula is C13H16O2S3. The number of carboxylic acid groups (broad SMARTS) is 1. The minimum absolute atomic E-state index is 0.605. The third-order valence-corrected chi connectivity index (χ3v) is 6.01. The number of carbonyl (C=O) groups is 1. The fourth-order valence-electron chi connectivity index (χ4n) is 2.11.